The van der Waals surface area contributed by atoms with E-state index in [1.165, 1.54) is 47.0 Å². The van der Waals surface area contributed by atoms with Gasteiger partial charge in [-0.1, -0.05) is 25.5 Å². The molecule has 154 valence electrons. The molecule has 0 aliphatic rings. The first-order valence-electron chi connectivity index (χ1n) is 9.20. The van der Waals surface area contributed by atoms with E-state index < -0.39 is 16.0 Å². The summed E-state index contributed by atoms with van der Waals surface area (Å²) < 4.78 is 39.6. The number of methoxy groups -OCH3 is 2. The number of unbranched alkanes of at least 4 members (excludes halogenated alkanes) is 1. The van der Waals surface area contributed by atoms with E-state index in [4.69, 9.17) is 4.74 Å². The van der Waals surface area contributed by atoms with E-state index >= 15 is 0 Å². The van der Waals surface area contributed by atoms with Crippen molar-refractivity contribution in [2.75, 3.05) is 25.1 Å². The van der Waals surface area contributed by atoms with E-state index in [9.17, 15) is 13.2 Å². The van der Waals surface area contributed by atoms with Crippen molar-refractivity contribution in [3.8, 4) is 5.75 Å². The van der Waals surface area contributed by atoms with Crippen molar-refractivity contribution in [3.63, 3.8) is 0 Å². The normalized spacial score (nSPS) is 11.4. The zero-order valence-corrected chi connectivity index (χ0v) is 18.2. The Labute approximate surface area is 174 Å². The lowest BCUT2D eigenvalue weighted by molar-refractivity contribution is 0.0600. The lowest BCUT2D eigenvalue weighted by Crippen LogP contribution is -2.31. The van der Waals surface area contributed by atoms with Crippen molar-refractivity contribution in [2.24, 2.45) is 0 Å². The highest BCUT2D eigenvalue weighted by molar-refractivity contribution is 7.93. The number of hydrogen-bond donors (Lipinski definition) is 0. The van der Waals surface area contributed by atoms with E-state index in [0.717, 1.165) is 16.5 Å². The van der Waals surface area contributed by atoms with Gasteiger partial charge in [-0.2, -0.15) is 0 Å². The molecule has 0 saturated carbocycles. The second-order valence-electron chi connectivity index (χ2n) is 6.38. The number of fused-ring (bicyclic) bond motifs is 1. The molecule has 1 aromatic heterocycles. The van der Waals surface area contributed by atoms with Crippen molar-refractivity contribution in [1.82, 2.24) is 0 Å². The van der Waals surface area contributed by atoms with Crippen LogP contribution in [0, 0.1) is 0 Å². The summed E-state index contributed by atoms with van der Waals surface area (Å²) in [6.07, 6.45) is 1.55. The number of hydrogen-bond acceptors (Lipinski definition) is 6. The van der Waals surface area contributed by atoms with Gasteiger partial charge in [0.05, 0.1) is 24.7 Å². The second kappa shape index (κ2) is 8.84. The number of ether oxygens (including phenoxy) is 2. The number of sulfonamides is 1. The summed E-state index contributed by atoms with van der Waals surface area (Å²) in [5.74, 6) is 0.0411. The minimum Gasteiger partial charge on any atom is -0.493 e. The van der Waals surface area contributed by atoms with Crippen molar-refractivity contribution < 1.29 is 22.7 Å². The lowest BCUT2D eigenvalue weighted by Gasteiger charge is -2.24. The number of benzene rings is 2. The fourth-order valence-corrected chi connectivity index (χ4v) is 5.93. The fraction of sp³-hybridized carbons (Fsp3) is 0.286. The van der Waals surface area contributed by atoms with Gasteiger partial charge in [-0.3, -0.25) is 4.31 Å². The summed E-state index contributed by atoms with van der Waals surface area (Å²) >= 11 is 1.39. The standard InChI is InChI=1S/C21H23NO5S2/c1-4-5-14-22(20-19(26-2)17-8-6-7-9-18(17)28-20)29(24,25)16-12-10-15(11-13-16)21(23)27-3/h6-13H,4-5,14H2,1-3H3. The molecule has 0 bridgehead atoms. The molecule has 0 aliphatic carbocycles. The van der Waals surface area contributed by atoms with Crippen LogP contribution in [0.25, 0.3) is 10.1 Å². The maximum atomic E-state index is 13.5. The van der Waals surface area contributed by atoms with Crippen LogP contribution in [0.15, 0.2) is 53.4 Å². The second-order valence-corrected chi connectivity index (χ2v) is 9.28. The number of carbonyl (C=O) groups excluding carboxylic acids is 1. The van der Waals surface area contributed by atoms with Gasteiger partial charge in [0.15, 0.2) is 5.75 Å². The molecule has 2 aromatic carbocycles. The van der Waals surface area contributed by atoms with Crippen molar-refractivity contribution in [2.45, 2.75) is 24.7 Å². The van der Waals surface area contributed by atoms with E-state index in [1.807, 2.05) is 31.2 Å². The number of thiophene rings is 1. The maximum Gasteiger partial charge on any atom is 0.337 e. The molecule has 3 aromatic rings. The summed E-state index contributed by atoms with van der Waals surface area (Å²) in [7, 11) is -1.01. The van der Waals surface area contributed by atoms with Crippen LogP contribution >= 0.6 is 11.3 Å². The highest BCUT2D eigenvalue weighted by Gasteiger charge is 2.30. The van der Waals surface area contributed by atoms with Crippen LogP contribution in [0.3, 0.4) is 0 Å². The van der Waals surface area contributed by atoms with Gasteiger partial charge < -0.3 is 9.47 Å². The molecule has 0 atom stereocenters. The molecule has 0 N–H and O–H groups in total. The summed E-state index contributed by atoms with van der Waals surface area (Å²) in [5, 5.41) is 1.44. The topological polar surface area (TPSA) is 72.9 Å². The van der Waals surface area contributed by atoms with Gasteiger partial charge in [-0.25, -0.2) is 13.2 Å². The molecule has 0 unspecified atom stereocenters. The largest absolute Gasteiger partial charge is 0.493 e. The number of anilines is 1. The summed E-state index contributed by atoms with van der Waals surface area (Å²) in [6.45, 7) is 2.35. The average molecular weight is 434 g/mol. The summed E-state index contributed by atoms with van der Waals surface area (Å²) in [4.78, 5) is 11.8. The zero-order chi connectivity index (χ0) is 21.0. The molecule has 0 radical (unpaired) electrons. The van der Waals surface area contributed by atoms with Crippen LogP contribution in [0.2, 0.25) is 0 Å². The van der Waals surface area contributed by atoms with E-state index in [2.05, 4.69) is 4.74 Å². The Hall–Kier alpha value is -2.58. The number of rotatable bonds is 8. The third-order valence-corrected chi connectivity index (χ3v) is 7.65. The van der Waals surface area contributed by atoms with Crippen LogP contribution in [-0.2, 0) is 14.8 Å². The van der Waals surface area contributed by atoms with Gasteiger partial charge in [0.2, 0.25) is 0 Å². The average Bonchev–Trinajstić information content (AvgIpc) is 3.11. The van der Waals surface area contributed by atoms with Gasteiger partial charge >= 0.3 is 5.97 Å². The Morgan fingerprint density at radius 3 is 2.38 bits per heavy atom. The monoisotopic (exact) mass is 433 g/mol. The molecule has 8 heteroatoms. The Morgan fingerprint density at radius 2 is 1.76 bits per heavy atom. The first-order chi connectivity index (χ1) is 13.9. The Bertz CT molecular complexity index is 1100. The van der Waals surface area contributed by atoms with Gasteiger partial charge in [-0.15, -0.1) is 11.3 Å². The SMILES string of the molecule is CCCCN(c1sc2ccccc2c1OC)S(=O)(=O)c1ccc(C(=O)OC)cc1. The third-order valence-electron chi connectivity index (χ3n) is 4.54. The zero-order valence-electron chi connectivity index (χ0n) is 16.5. The molecular weight excluding hydrogens is 410 g/mol. The Kier molecular flexibility index (Phi) is 6.44. The number of esters is 1. The summed E-state index contributed by atoms with van der Waals surface area (Å²) in [5.41, 5.74) is 0.297. The molecule has 6 nitrogen and oxygen atoms in total. The lowest BCUT2D eigenvalue weighted by atomic mass is 10.2. The molecule has 0 saturated heterocycles. The number of nitrogens with zero attached hydrogens (tertiary/aromatic N) is 1. The predicted octanol–water partition coefficient (Wildman–Crippen LogP) is 4.69. The minimum absolute atomic E-state index is 0.112. The maximum absolute atomic E-state index is 13.5. The van der Waals surface area contributed by atoms with E-state index in [1.54, 1.807) is 7.11 Å². The number of carbonyl (C=O) groups is 1. The van der Waals surface area contributed by atoms with Crippen molar-refractivity contribution >= 4 is 42.4 Å². The highest BCUT2D eigenvalue weighted by atomic mass is 32.2. The van der Waals surface area contributed by atoms with Crippen LogP contribution in [-0.4, -0.2) is 35.2 Å². The first kappa shape index (κ1) is 21.1. The Balaban J connectivity index is 2.10. The van der Waals surface area contributed by atoms with E-state index in [-0.39, 0.29) is 4.90 Å². The Morgan fingerprint density at radius 1 is 1.07 bits per heavy atom. The first-order valence-corrected chi connectivity index (χ1v) is 11.5. The molecule has 0 aliphatic heterocycles. The molecule has 3 rings (SSSR count). The quantitative estimate of drug-likeness (QED) is 0.482. The predicted molar refractivity (Wildman–Crippen MR) is 116 cm³/mol. The molecular formula is C21H23NO5S2. The molecule has 0 fully saturated rings. The molecule has 1 heterocycles. The van der Waals surface area contributed by atoms with E-state index in [0.29, 0.717) is 29.3 Å². The van der Waals surface area contributed by atoms with Crippen LogP contribution in [0.5, 0.6) is 5.75 Å². The van der Waals surface area contributed by atoms with Gasteiger partial charge in [-0.05, 0) is 42.8 Å². The van der Waals surface area contributed by atoms with Crippen molar-refractivity contribution in [3.05, 3.63) is 54.1 Å². The van der Waals surface area contributed by atoms with Gasteiger partial charge in [0.25, 0.3) is 10.0 Å². The smallest absolute Gasteiger partial charge is 0.337 e. The molecule has 0 spiro atoms. The van der Waals surface area contributed by atoms with Crippen LogP contribution in [0.1, 0.15) is 30.1 Å². The fourth-order valence-electron chi connectivity index (χ4n) is 3.01. The van der Waals surface area contributed by atoms with Gasteiger partial charge in [0.1, 0.15) is 5.00 Å². The summed E-state index contributed by atoms with van der Waals surface area (Å²) in [6, 6.07) is 13.5. The highest BCUT2D eigenvalue weighted by Crippen LogP contribution is 2.46. The minimum atomic E-state index is -3.84. The molecule has 0 amide bonds. The van der Waals surface area contributed by atoms with Crippen molar-refractivity contribution in [1.29, 1.82) is 0 Å². The molecule has 29 heavy (non-hydrogen) atoms. The van der Waals surface area contributed by atoms with Gasteiger partial charge in [0, 0.05) is 16.6 Å². The third kappa shape index (κ3) is 4.09. The van der Waals surface area contributed by atoms with Crippen LogP contribution < -0.4 is 9.04 Å². The van der Waals surface area contributed by atoms with Crippen LogP contribution in [0.4, 0.5) is 5.00 Å².